The molecule has 3 rings (SSSR count). The quantitative estimate of drug-likeness (QED) is 0.744. The summed E-state index contributed by atoms with van der Waals surface area (Å²) in [5, 5.41) is 3.85. The lowest BCUT2D eigenvalue weighted by atomic mass is 10.1. The highest BCUT2D eigenvalue weighted by Crippen LogP contribution is 2.11. The van der Waals surface area contributed by atoms with E-state index in [1.54, 1.807) is 4.90 Å². The van der Waals surface area contributed by atoms with E-state index in [9.17, 15) is 14.4 Å². The van der Waals surface area contributed by atoms with Crippen LogP contribution in [0.15, 0.2) is 5.10 Å². The summed E-state index contributed by atoms with van der Waals surface area (Å²) in [6.07, 6.45) is 3.73. The molecule has 1 N–H and O–H groups in total. The Morgan fingerprint density at radius 3 is 2.25 bits per heavy atom. The van der Waals surface area contributed by atoms with Crippen molar-refractivity contribution in [3.63, 3.8) is 0 Å². The second-order valence-electron chi connectivity index (χ2n) is 6.57. The van der Waals surface area contributed by atoms with Crippen LogP contribution in [0.2, 0.25) is 0 Å². The third-order valence-corrected chi connectivity index (χ3v) is 4.91. The lowest BCUT2D eigenvalue weighted by Gasteiger charge is -2.35. The summed E-state index contributed by atoms with van der Waals surface area (Å²) in [5.74, 6) is -0.101. The van der Waals surface area contributed by atoms with Gasteiger partial charge >= 0.3 is 0 Å². The maximum atomic E-state index is 12.4. The van der Waals surface area contributed by atoms with Crippen molar-refractivity contribution in [2.24, 2.45) is 5.10 Å². The number of nitrogens with zero attached hydrogens (tertiary/aromatic N) is 4. The van der Waals surface area contributed by atoms with Crippen molar-refractivity contribution in [2.45, 2.75) is 32.1 Å². The predicted octanol–water partition coefficient (Wildman–Crippen LogP) is -0.591. The van der Waals surface area contributed by atoms with E-state index in [2.05, 4.69) is 15.4 Å². The molecule has 3 aliphatic rings. The molecule has 0 saturated carbocycles. The minimum atomic E-state index is -0.153. The first-order valence-electron chi connectivity index (χ1n) is 8.78. The van der Waals surface area contributed by atoms with Crippen molar-refractivity contribution in [1.82, 2.24) is 20.1 Å². The fraction of sp³-hybridized carbons (Fsp3) is 0.750. The molecule has 0 unspecified atom stereocenters. The molecule has 0 aromatic carbocycles. The number of hydrazone groups is 1. The number of amides is 3. The van der Waals surface area contributed by atoms with Crippen LogP contribution in [0.25, 0.3) is 0 Å². The van der Waals surface area contributed by atoms with Gasteiger partial charge in [0.15, 0.2) is 0 Å². The van der Waals surface area contributed by atoms with Crippen LogP contribution in [0.3, 0.4) is 0 Å². The molecule has 24 heavy (non-hydrogen) atoms. The molecule has 2 saturated heterocycles. The average Bonchev–Trinajstić information content (AvgIpc) is 3.13. The standard InChI is InChI=1S/C16H25N5O3/c22-14-4-3-13(17-18-14)16(24)21-11-9-20(10-12-21)15(23)5-8-19-6-1-2-7-19/h1-12H2,(H,18,22). The summed E-state index contributed by atoms with van der Waals surface area (Å²) in [7, 11) is 0. The molecule has 2 fully saturated rings. The second kappa shape index (κ2) is 7.74. The number of carbonyl (C=O) groups excluding carboxylic acids is 3. The van der Waals surface area contributed by atoms with Crippen molar-refractivity contribution in [2.75, 3.05) is 45.8 Å². The Hall–Kier alpha value is -1.96. The highest BCUT2D eigenvalue weighted by Gasteiger charge is 2.28. The van der Waals surface area contributed by atoms with E-state index in [0.717, 1.165) is 19.6 Å². The smallest absolute Gasteiger partial charge is 0.270 e. The summed E-state index contributed by atoms with van der Waals surface area (Å²) < 4.78 is 0. The van der Waals surface area contributed by atoms with E-state index in [1.165, 1.54) is 12.8 Å². The zero-order valence-corrected chi connectivity index (χ0v) is 14.0. The van der Waals surface area contributed by atoms with Gasteiger partial charge in [0.2, 0.25) is 11.8 Å². The number of hydrogen-bond acceptors (Lipinski definition) is 5. The van der Waals surface area contributed by atoms with Crippen LogP contribution in [-0.4, -0.2) is 83.9 Å². The average molecular weight is 335 g/mol. The highest BCUT2D eigenvalue weighted by molar-refractivity contribution is 6.39. The molecule has 3 aliphatic heterocycles. The van der Waals surface area contributed by atoms with Gasteiger partial charge in [0.25, 0.3) is 5.91 Å². The van der Waals surface area contributed by atoms with Crippen LogP contribution in [0.5, 0.6) is 0 Å². The van der Waals surface area contributed by atoms with Crippen molar-refractivity contribution < 1.29 is 14.4 Å². The van der Waals surface area contributed by atoms with Crippen LogP contribution in [0.4, 0.5) is 0 Å². The van der Waals surface area contributed by atoms with Gasteiger partial charge in [-0.15, -0.1) is 0 Å². The number of carbonyl (C=O) groups is 3. The van der Waals surface area contributed by atoms with Gasteiger partial charge in [0.05, 0.1) is 0 Å². The molecular formula is C16H25N5O3. The van der Waals surface area contributed by atoms with Crippen molar-refractivity contribution in [3.8, 4) is 0 Å². The highest BCUT2D eigenvalue weighted by atomic mass is 16.2. The first-order valence-corrected chi connectivity index (χ1v) is 8.78. The molecule has 0 radical (unpaired) electrons. The molecule has 0 aliphatic carbocycles. The van der Waals surface area contributed by atoms with Crippen LogP contribution in [-0.2, 0) is 14.4 Å². The normalized spacial score (nSPS) is 22.3. The third-order valence-electron chi connectivity index (χ3n) is 4.91. The van der Waals surface area contributed by atoms with E-state index in [-0.39, 0.29) is 17.7 Å². The molecule has 0 spiro atoms. The van der Waals surface area contributed by atoms with Crippen molar-refractivity contribution in [3.05, 3.63) is 0 Å². The van der Waals surface area contributed by atoms with Gasteiger partial charge < -0.3 is 14.7 Å². The van der Waals surface area contributed by atoms with E-state index in [0.29, 0.717) is 51.2 Å². The van der Waals surface area contributed by atoms with Crippen LogP contribution >= 0.6 is 0 Å². The van der Waals surface area contributed by atoms with Crippen LogP contribution < -0.4 is 5.43 Å². The van der Waals surface area contributed by atoms with Gasteiger partial charge in [0, 0.05) is 52.0 Å². The lowest BCUT2D eigenvalue weighted by Crippen LogP contribution is -2.53. The number of nitrogens with one attached hydrogen (secondary N) is 1. The van der Waals surface area contributed by atoms with E-state index < -0.39 is 0 Å². The van der Waals surface area contributed by atoms with E-state index in [4.69, 9.17) is 0 Å². The largest absolute Gasteiger partial charge is 0.339 e. The molecule has 132 valence electrons. The summed E-state index contributed by atoms with van der Waals surface area (Å²) >= 11 is 0. The predicted molar refractivity (Wildman–Crippen MR) is 88.3 cm³/mol. The van der Waals surface area contributed by atoms with Gasteiger partial charge in [-0.1, -0.05) is 0 Å². The summed E-state index contributed by atoms with van der Waals surface area (Å²) in [5.41, 5.74) is 2.76. The fourth-order valence-corrected chi connectivity index (χ4v) is 3.39. The monoisotopic (exact) mass is 335 g/mol. The Kier molecular flexibility index (Phi) is 5.44. The fourth-order valence-electron chi connectivity index (χ4n) is 3.39. The molecule has 0 aromatic heterocycles. The van der Waals surface area contributed by atoms with Crippen molar-refractivity contribution in [1.29, 1.82) is 0 Å². The Balaban J connectivity index is 1.42. The summed E-state index contributed by atoms with van der Waals surface area (Å²) in [4.78, 5) is 41.7. The van der Waals surface area contributed by atoms with Gasteiger partial charge in [0.1, 0.15) is 5.71 Å². The Morgan fingerprint density at radius 2 is 1.62 bits per heavy atom. The zero-order valence-electron chi connectivity index (χ0n) is 14.0. The summed E-state index contributed by atoms with van der Waals surface area (Å²) in [6, 6.07) is 0. The maximum Gasteiger partial charge on any atom is 0.270 e. The van der Waals surface area contributed by atoms with Gasteiger partial charge in [-0.25, -0.2) is 5.43 Å². The third kappa shape index (κ3) is 4.11. The Morgan fingerprint density at radius 1 is 0.958 bits per heavy atom. The van der Waals surface area contributed by atoms with E-state index in [1.807, 2.05) is 4.90 Å². The Bertz CT molecular complexity index is 534. The molecule has 8 nitrogen and oxygen atoms in total. The van der Waals surface area contributed by atoms with Crippen molar-refractivity contribution >= 4 is 23.4 Å². The maximum absolute atomic E-state index is 12.4. The van der Waals surface area contributed by atoms with Crippen LogP contribution in [0.1, 0.15) is 32.1 Å². The van der Waals surface area contributed by atoms with Gasteiger partial charge in [-0.3, -0.25) is 14.4 Å². The minimum absolute atomic E-state index is 0.126. The molecule has 8 heteroatoms. The second-order valence-corrected chi connectivity index (χ2v) is 6.57. The SMILES string of the molecule is O=C1CCC(C(=O)N2CCN(C(=O)CCN3CCCC3)CC2)=NN1. The summed E-state index contributed by atoms with van der Waals surface area (Å²) in [6.45, 7) is 5.26. The molecular weight excluding hydrogens is 310 g/mol. The first kappa shape index (κ1) is 16.9. The minimum Gasteiger partial charge on any atom is -0.339 e. The molecule has 0 aromatic rings. The Labute approximate surface area is 141 Å². The van der Waals surface area contributed by atoms with Crippen LogP contribution in [0, 0.1) is 0 Å². The van der Waals surface area contributed by atoms with Gasteiger partial charge in [-0.2, -0.15) is 5.10 Å². The number of piperazine rings is 1. The number of hydrogen-bond donors (Lipinski definition) is 1. The number of likely N-dealkylation sites (tertiary alicyclic amines) is 1. The first-order chi connectivity index (χ1) is 11.6. The molecule has 3 amide bonds. The molecule has 0 bridgehead atoms. The molecule has 3 heterocycles. The van der Waals surface area contributed by atoms with E-state index >= 15 is 0 Å². The van der Waals surface area contributed by atoms with Gasteiger partial charge in [-0.05, 0) is 25.9 Å². The topological polar surface area (TPSA) is 85.3 Å². The molecule has 0 atom stereocenters. The number of rotatable bonds is 4. The zero-order chi connectivity index (χ0) is 16.9. The lowest BCUT2D eigenvalue weighted by molar-refractivity contribution is -0.137.